The van der Waals surface area contributed by atoms with Gasteiger partial charge in [0, 0.05) is 18.2 Å². The monoisotopic (exact) mass is 427 g/mol. The fraction of sp³-hybridized carbons (Fsp3) is 0.353. The number of nitrogens with one attached hydrogen (secondary N) is 1. The van der Waals surface area contributed by atoms with Crippen molar-refractivity contribution in [1.29, 1.82) is 0 Å². The Labute approximate surface area is 166 Å². The quantitative estimate of drug-likeness (QED) is 0.558. The highest BCUT2D eigenvalue weighted by molar-refractivity contribution is 7.89. The number of sulfonamides is 1. The van der Waals surface area contributed by atoms with Crippen LogP contribution in [0.4, 0.5) is 5.69 Å². The molecule has 0 saturated carbocycles. The first kappa shape index (κ1) is 20.3. The van der Waals surface area contributed by atoms with E-state index < -0.39 is 26.9 Å². The number of amides is 1. The average Bonchev–Trinajstić information content (AvgIpc) is 3.33. The van der Waals surface area contributed by atoms with E-state index in [4.69, 9.17) is 16.0 Å². The standard InChI is InChI=1S/C17H18ClN3O6S/c1-11-14(18)8-13(9-16(11)21(23)24)28(25,26)20-6-2-5-15(20)17(22)19-10-12-4-3-7-27-12/h3-4,7-9,15H,2,5-6,10H2,1H3,(H,19,22)/t15-/m0/s1. The molecule has 1 N–H and O–H groups in total. The maximum atomic E-state index is 13.1. The number of rotatable bonds is 6. The lowest BCUT2D eigenvalue weighted by atomic mass is 10.2. The van der Waals surface area contributed by atoms with Crippen LogP contribution < -0.4 is 5.32 Å². The Morgan fingerprint density at radius 1 is 1.46 bits per heavy atom. The lowest BCUT2D eigenvalue weighted by Crippen LogP contribution is -2.45. The number of carbonyl (C=O) groups excluding carboxylic acids is 1. The molecule has 0 bridgehead atoms. The Morgan fingerprint density at radius 3 is 2.86 bits per heavy atom. The van der Waals surface area contributed by atoms with Crippen LogP contribution in [0.25, 0.3) is 0 Å². The first-order chi connectivity index (χ1) is 13.2. The smallest absolute Gasteiger partial charge is 0.275 e. The van der Waals surface area contributed by atoms with Gasteiger partial charge >= 0.3 is 0 Å². The summed E-state index contributed by atoms with van der Waals surface area (Å²) in [6, 6.07) is 4.62. The average molecular weight is 428 g/mol. The molecule has 2 heterocycles. The number of hydrogen-bond acceptors (Lipinski definition) is 6. The molecule has 150 valence electrons. The van der Waals surface area contributed by atoms with Crippen LogP contribution in [-0.2, 0) is 21.4 Å². The molecule has 28 heavy (non-hydrogen) atoms. The summed E-state index contributed by atoms with van der Waals surface area (Å²) in [6.07, 6.45) is 2.33. The first-order valence-electron chi connectivity index (χ1n) is 8.48. The molecule has 1 amide bonds. The van der Waals surface area contributed by atoms with Gasteiger partial charge in [-0.05, 0) is 38.0 Å². The van der Waals surface area contributed by atoms with Crippen molar-refractivity contribution in [3.05, 3.63) is 57.0 Å². The van der Waals surface area contributed by atoms with Gasteiger partial charge in [-0.3, -0.25) is 14.9 Å². The summed E-state index contributed by atoms with van der Waals surface area (Å²) in [5, 5.41) is 13.8. The van der Waals surface area contributed by atoms with Crippen molar-refractivity contribution < 1.29 is 22.6 Å². The fourth-order valence-electron chi connectivity index (χ4n) is 3.11. The SMILES string of the molecule is Cc1c(Cl)cc(S(=O)(=O)N2CCC[C@H]2C(=O)NCc2ccco2)cc1[N+](=O)[O-]. The molecule has 0 radical (unpaired) electrons. The first-order valence-corrected chi connectivity index (χ1v) is 10.3. The van der Waals surface area contributed by atoms with E-state index in [2.05, 4.69) is 5.32 Å². The van der Waals surface area contributed by atoms with Gasteiger partial charge in [-0.2, -0.15) is 4.31 Å². The number of carbonyl (C=O) groups is 1. The summed E-state index contributed by atoms with van der Waals surface area (Å²) < 4.78 is 32.3. The molecular weight excluding hydrogens is 410 g/mol. The summed E-state index contributed by atoms with van der Waals surface area (Å²) >= 11 is 6.00. The van der Waals surface area contributed by atoms with Gasteiger partial charge in [-0.25, -0.2) is 8.42 Å². The summed E-state index contributed by atoms with van der Waals surface area (Å²) in [5.41, 5.74) is -0.205. The second-order valence-electron chi connectivity index (χ2n) is 6.38. The Kier molecular flexibility index (Phi) is 5.73. The third kappa shape index (κ3) is 3.89. The van der Waals surface area contributed by atoms with Gasteiger partial charge in [0.25, 0.3) is 5.69 Å². The Morgan fingerprint density at radius 2 is 2.21 bits per heavy atom. The van der Waals surface area contributed by atoms with E-state index in [1.165, 1.54) is 19.3 Å². The Balaban J connectivity index is 1.86. The molecule has 1 aromatic carbocycles. The lowest BCUT2D eigenvalue weighted by Gasteiger charge is -2.23. The zero-order valence-electron chi connectivity index (χ0n) is 14.9. The van der Waals surface area contributed by atoms with E-state index in [9.17, 15) is 23.3 Å². The van der Waals surface area contributed by atoms with Crippen molar-refractivity contribution >= 4 is 33.2 Å². The number of furan rings is 1. The molecular formula is C17H18ClN3O6S. The van der Waals surface area contributed by atoms with Crippen molar-refractivity contribution in [2.75, 3.05) is 6.54 Å². The second-order valence-corrected chi connectivity index (χ2v) is 8.68. The van der Waals surface area contributed by atoms with Gasteiger partial charge in [-0.15, -0.1) is 0 Å². The molecule has 3 rings (SSSR count). The summed E-state index contributed by atoms with van der Waals surface area (Å²) in [6.45, 7) is 1.72. The molecule has 1 fully saturated rings. The Hall–Kier alpha value is -2.43. The minimum Gasteiger partial charge on any atom is -0.467 e. The fourth-order valence-corrected chi connectivity index (χ4v) is 5.09. The predicted molar refractivity (Wildman–Crippen MR) is 100 cm³/mol. The molecule has 0 aliphatic carbocycles. The molecule has 1 aliphatic rings. The highest BCUT2D eigenvalue weighted by atomic mass is 35.5. The molecule has 1 aromatic heterocycles. The third-order valence-corrected chi connectivity index (χ3v) is 6.90. The summed E-state index contributed by atoms with van der Waals surface area (Å²) in [4.78, 5) is 22.8. The van der Waals surface area contributed by atoms with Gasteiger partial charge in [0.05, 0.1) is 27.6 Å². The molecule has 1 saturated heterocycles. The summed E-state index contributed by atoms with van der Waals surface area (Å²) in [5.74, 6) is 0.0897. The molecule has 0 unspecified atom stereocenters. The topological polar surface area (TPSA) is 123 Å². The molecule has 0 spiro atoms. The molecule has 9 nitrogen and oxygen atoms in total. The van der Waals surface area contributed by atoms with Gasteiger partial charge in [-0.1, -0.05) is 11.6 Å². The van der Waals surface area contributed by atoms with Gasteiger partial charge in [0.2, 0.25) is 15.9 Å². The largest absolute Gasteiger partial charge is 0.467 e. The van der Waals surface area contributed by atoms with E-state index in [0.29, 0.717) is 18.6 Å². The maximum absolute atomic E-state index is 13.1. The van der Waals surface area contributed by atoms with Crippen LogP contribution in [0.3, 0.4) is 0 Å². The number of hydrogen-bond donors (Lipinski definition) is 1. The zero-order chi connectivity index (χ0) is 20.5. The molecule has 1 atom stereocenters. The predicted octanol–water partition coefficient (Wildman–Crippen LogP) is 2.62. The van der Waals surface area contributed by atoms with Crippen LogP contribution in [-0.4, -0.2) is 36.1 Å². The van der Waals surface area contributed by atoms with Crippen molar-refractivity contribution in [1.82, 2.24) is 9.62 Å². The third-order valence-electron chi connectivity index (χ3n) is 4.62. The van der Waals surface area contributed by atoms with E-state index in [1.807, 2.05) is 0 Å². The van der Waals surface area contributed by atoms with Crippen LogP contribution in [0.2, 0.25) is 5.02 Å². The number of nitro groups is 1. The minimum atomic E-state index is -4.14. The van der Waals surface area contributed by atoms with Crippen molar-refractivity contribution in [3.8, 4) is 0 Å². The maximum Gasteiger partial charge on any atom is 0.275 e. The number of halogens is 1. The normalized spacial score (nSPS) is 17.6. The van der Waals surface area contributed by atoms with Gasteiger partial charge in [0.1, 0.15) is 11.8 Å². The van der Waals surface area contributed by atoms with Crippen LogP contribution in [0.5, 0.6) is 0 Å². The lowest BCUT2D eigenvalue weighted by molar-refractivity contribution is -0.385. The zero-order valence-corrected chi connectivity index (χ0v) is 16.5. The van der Waals surface area contributed by atoms with E-state index in [1.54, 1.807) is 12.1 Å². The molecule has 11 heteroatoms. The number of nitrogens with zero attached hydrogens (tertiary/aromatic N) is 2. The molecule has 2 aromatic rings. The van der Waals surface area contributed by atoms with E-state index >= 15 is 0 Å². The van der Waals surface area contributed by atoms with Crippen LogP contribution in [0.1, 0.15) is 24.2 Å². The van der Waals surface area contributed by atoms with Crippen molar-refractivity contribution in [2.24, 2.45) is 0 Å². The van der Waals surface area contributed by atoms with Crippen LogP contribution in [0.15, 0.2) is 39.8 Å². The minimum absolute atomic E-state index is 0.0224. The number of nitro benzene ring substituents is 1. The number of benzene rings is 1. The van der Waals surface area contributed by atoms with Crippen LogP contribution in [0, 0.1) is 17.0 Å². The van der Waals surface area contributed by atoms with Gasteiger partial charge < -0.3 is 9.73 Å². The highest BCUT2D eigenvalue weighted by Gasteiger charge is 2.40. The highest BCUT2D eigenvalue weighted by Crippen LogP contribution is 2.33. The molecule has 1 aliphatic heterocycles. The van der Waals surface area contributed by atoms with Crippen molar-refractivity contribution in [2.45, 2.75) is 37.2 Å². The van der Waals surface area contributed by atoms with E-state index in [-0.39, 0.29) is 34.3 Å². The van der Waals surface area contributed by atoms with Gasteiger partial charge in [0.15, 0.2) is 0 Å². The van der Waals surface area contributed by atoms with E-state index in [0.717, 1.165) is 10.4 Å². The summed E-state index contributed by atoms with van der Waals surface area (Å²) in [7, 11) is -4.14. The van der Waals surface area contributed by atoms with Crippen molar-refractivity contribution in [3.63, 3.8) is 0 Å². The van der Waals surface area contributed by atoms with Crippen LogP contribution >= 0.6 is 11.6 Å². The Bertz CT molecular complexity index is 1010. The second kappa shape index (κ2) is 7.90.